The van der Waals surface area contributed by atoms with Gasteiger partial charge < -0.3 is 21.3 Å². The van der Waals surface area contributed by atoms with Crippen molar-refractivity contribution in [3.63, 3.8) is 0 Å². The Balaban J connectivity index is 0. The van der Waals surface area contributed by atoms with E-state index in [-0.39, 0.29) is 0 Å². The van der Waals surface area contributed by atoms with Gasteiger partial charge in [0.15, 0.2) is 10.2 Å². The van der Waals surface area contributed by atoms with Gasteiger partial charge in [-0.25, -0.2) is 0 Å². The highest BCUT2D eigenvalue weighted by atomic mass is 32.1. The van der Waals surface area contributed by atoms with Crippen LogP contribution in [-0.2, 0) is 0 Å². The summed E-state index contributed by atoms with van der Waals surface area (Å²) in [5, 5.41) is 13.4. The van der Waals surface area contributed by atoms with Crippen molar-refractivity contribution in [2.24, 2.45) is 0 Å². The fourth-order valence-electron chi connectivity index (χ4n) is 0.767. The SMILES string of the molecule is CCNC(=S)NCC.CCNC(=S)NCC. The Hall–Kier alpha value is -0.620. The van der Waals surface area contributed by atoms with Crippen LogP contribution in [0.4, 0.5) is 0 Å². The highest BCUT2D eigenvalue weighted by molar-refractivity contribution is 7.80. The first-order valence-electron chi connectivity index (χ1n) is 5.65. The first kappa shape index (κ1) is 17.8. The van der Waals surface area contributed by atoms with E-state index in [1.165, 1.54) is 0 Å². The minimum atomic E-state index is 0.745. The second-order valence-electron chi connectivity index (χ2n) is 2.78. The van der Waals surface area contributed by atoms with Crippen molar-refractivity contribution in [3.05, 3.63) is 0 Å². The monoisotopic (exact) mass is 264 g/mol. The predicted molar refractivity (Wildman–Crippen MR) is 79.9 cm³/mol. The van der Waals surface area contributed by atoms with Gasteiger partial charge in [0.1, 0.15) is 0 Å². The second kappa shape index (κ2) is 14.4. The third-order valence-electron chi connectivity index (χ3n) is 1.35. The van der Waals surface area contributed by atoms with Crippen molar-refractivity contribution in [2.45, 2.75) is 27.7 Å². The molecule has 0 aliphatic carbocycles. The second-order valence-corrected chi connectivity index (χ2v) is 3.60. The highest BCUT2D eigenvalue weighted by Crippen LogP contribution is 1.63. The lowest BCUT2D eigenvalue weighted by Crippen LogP contribution is -2.34. The molecule has 0 fully saturated rings. The van der Waals surface area contributed by atoms with Crippen LogP contribution in [0.3, 0.4) is 0 Å². The molecule has 0 aliphatic rings. The lowest BCUT2D eigenvalue weighted by molar-refractivity contribution is 0.883. The lowest BCUT2D eigenvalue weighted by Gasteiger charge is -2.03. The molecule has 0 saturated heterocycles. The molecule has 0 atom stereocenters. The molecule has 0 rings (SSSR count). The molecule has 0 saturated carbocycles. The van der Waals surface area contributed by atoms with Crippen LogP contribution < -0.4 is 21.3 Å². The third kappa shape index (κ3) is 15.8. The smallest absolute Gasteiger partial charge is 0.166 e. The number of hydrogen-bond acceptors (Lipinski definition) is 2. The molecule has 0 aliphatic heterocycles. The van der Waals surface area contributed by atoms with Crippen molar-refractivity contribution in [1.29, 1.82) is 0 Å². The van der Waals surface area contributed by atoms with Gasteiger partial charge in [-0.15, -0.1) is 0 Å². The molecular formula is C10H24N4S2. The van der Waals surface area contributed by atoms with Crippen LogP contribution in [0.15, 0.2) is 0 Å². The minimum absolute atomic E-state index is 0.745. The molecule has 0 aromatic carbocycles. The zero-order valence-corrected chi connectivity index (χ0v) is 12.3. The zero-order valence-electron chi connectivity index (χ0n) is 10.6. The first-order chi connectivity index (χ1) is 7.62. The predicted octanol–water partition coefficient (Wildman–Crippen LogP) is 0.981. The van der Waals surface area contributed by atoms with Crippen molar-refractivity contribution in [3.8, 4) is 0 Å². The third-order valence-corrected chi connectivity index (χ3v) is 1.93. The Labute approximate surface area is 110 Å². The molecule has 0 spiro atoms. The van der Waals surface area contributed by atoms with Crippen molar-refractivity contribution >= 4 is 34.7 Å². The Kier molecular flexibility index (Phi) is 16.0. The molecule has 0 amide bonds. The number of thiocarbonyl (C=S) groups is 2. The van der Waals surface area contributed by atoms with Gasteiger partial charge in [0.25, 0.3) is 0 Å². The molecular weight excluding hydrogens is 240 g/mol. The van der Waals surface area contributed by atoms with Crippen LogP contribution in [-0.4, -0.2) is 36.4 Å². The van der Waals surface area contributed by atoms with E-state index in [4.69, 9.17) is 24.4 Å². The molecule has 0 radical (unpaired) electrons. The topological polar surface area (TPSA) is 48.1 Å². The van der Waals surface area contributed by atoms with E-state index in [0.29, 0.717) is 0 Å². The highest BCUT2D eigenvalue weighted by Gasteiger charge is 1.85. The van der Waals surface area contributed by atoms with Crippen molar-refractivity contribution in [2.75, 3.05) is 26.2 Å². The summed E-state index contributed by atoms with van der Waals surface area (Å²) in [6, 6.07) is 0. The van der Waals surface area contributed by atoms with Crippen LogP contribution in [0.25, 0.3) is 0 Å². The maximum atomic E-state index is 4.83. The summed E-state index contributed by atoms with van der Waals surface area (Å²) in [6.07, 6.45) is 0. The standard InChI is InChI=1S/2C5H12N2S/c2*1-3-6-5(8)7-4-2/h2*3-4H2,1-2H3,(H2,6,7,8). The lowest BCUT2D eigenvalue weighted by atomic mass is 10.7. The molecule has 0 aromatic rings. The average molecular weight is 264 g/mol. The van der Waals surface area contributed by atoms with Crippen LogP contribution in [0, 0.1) is 0 Å². The Bertz CT molecular complexity index is 150. The van der Waals surface area contributed by atoms with Crippen molar-refractivity contribution < 1.29 is 0 Å². The van der Waals surface area contributed by atoms with Crippen LogP contribution in [0.2, 0.25) is 0 Å². The van der Waals surface area contributed by atoms with Gasteiger partial charge in [-0.3, -0.25) is 0 Å². The Morgan fingerprint density at radius 1 is 0.625 bits per heavy atom. The fourth-order valence-corrected chi connectivity index (χ4v) is 1.34. The minimum Gasteiger partial charge on any atom is -0.363 e. The van der Waals surface area contributed by atoms with Crippen LogP contribution in [0.1, 0.15) is 27.7 Å². The normalized spacial score (nSPS) is 8.25. The van der Waals surface area contributed by atoms with E-state index in [0.717, 1.165) is 36.4 Å². The Morgan fingerprint density at radius 3 is 0.938 bits per heavy atom. The molecule has 16 heavy (non-hydrogen) atoms. The largest absolute Gasteiger partial charge is 0.363 e. The maximum Gasteiger partial charge on any atom is 0.166 e. The van der Waals surface area contributed by atoms with E-state index in [1.807, 2.05) is 27.7 Å². The average Bonchev–Trinajstić information content (AvgIpc) is 2.20. The summed E-state index contributed by atoms with van der Waals surface area (Å²) in [7, 11) is 0. The fraction of sp³-hybridized carbons (Fsp3) is 0.800. The van der Waals surface area contributed by atoms with Crippen molar-refractivity contribution in [1.82, 2.24) is 21.3 Å². The molecule has 4 N–H and O–H groups in total. The van der Waals surface area contributed by atoms with E-state index in [1.54, 1.807) is 0 Å². The summed E-state index contributed by atoms with van der Waals surface area (Å²) < 4.78 is 0. The molecule has 6 heteroatoms. The van der Waals surface area contributed by atoms with Gasteiger partial charge in [0, 0.05) is 26.2 Å². The maximum absolute atomic E-state index is 4.83. The number of nitrogens with one attached hydrogen (secondary N) is 4. The van der Waals surface area contributed by atoms with Gasteiger partial charge in [-0.1, -0.05) is 0 Å². The molecule has 96 valence electrons. The number of hydrogen-bond donors (Lipinski definition) is 4. The van der Waals surface area contributed by atoms with E-state index < -0.39 is 0 Å². The molecule has 0 bridgehead atoms. The Morgan fingerprint density at radius 2 is 0.812 bits per heavy atom. The van der Waals surface area contributed by atoms with Crippen LogP contribution in [0.5, 0.6) is 0 Å². The molecule has 0 heterocycles. The van der Waals surface area contributed by atoms with Gasteiger partial charge in [-0.05, 0) is 52.1 Å². The summed E-state index contributed by atoms with van der Waals surface area (Å²) >= 11 is 9.66. The summed E-state index contributed by atoms with van der Waals surface area (Å²) in [6.45, 7) is 11.6. The summed E-state index contributed by atoms with van der Waals surface area (Å²) in [5.74, 6) is 0. The summed E-state index contributed by atoms with van der Waals surface area (Å²) in [5.41, 5.74) is 0. The zero-order chi connectivity index (χ0) is 12.8. The summed E-state index contributed by atoms with van der Waals surface area (Å²) in [4.78, 5) is 0. The number of rotatable bonds is 4. The van der Waals surface area contributed by atoms with Gasteiger partial charge >= 0.3 is 0 Å². The van der Waals surface area contributed by atoms with Crippen LogP contribution >= 0.6 is 24.4 Å². The van der Waals surface area contributed by atoms with E-state index in [9.17, 15) is 0 Å². The van der Waals surface area contributed by atoms with Gasteiger partial charge in [0.05, 0.1) is 0 Å². The van der Waals surface area contributed by atoms with E-state index in [2.05, 4.69) is 21.3 Å². The van der Waals surface area contributed by atoms with E-state index >= 15 is 0 Å². The van der Waals surface area contributed by atoms with Gasteiger partial charge in [0.2, 0.25) is 0 Å². The molecule has 0 aromatic heterocycles. The first-order valence-corrected chi connectivity index (χ1v) is 6.47. The molecule has 4 nitrogen and oxygen atoms in total. The quantitative estimate of drug-likeness (QED) is 0.568. The van der Waals surface area contributed by atoms with Gasteiger partial charge in [-0.2, -0.15) is 0 Å². The molecule has 0 unspecified atom stereocenters.